The number of nitrogens with one attached hydrogen (secondary N) is 2. The van der Waals surface area contributed by atoms with E-state index in [1.807, 2.05) is 24.8 Å². The van der Waals surface area contributed by atoms with Crippen LogP contribution in [0.1, 0.15) is 36.8 Å². The number of fused-ring (bicyclic) bond motifs is 4. The molecule has 2 N–H and O–H groups in total. The summed E-state index contributed by atoms with van der Waals surface area (Å²) in [5, 5.41) is 10.8. The Balaban J connectivity index is 1.26. The van der Waals surface area contributed by atoms with Gasteiger partial charge >= 0.3 is 6.01 Å². The van der Waals surface area contributed by atoms with Crippen LogP contribution in [0.5, 0.6) is 6.01 Å². The van der Waals surface area contributed by atoms with Crippen molar-refractivity contribution in [2.45, 2.75) is 45.1 Å². The molecule has 2 amide bonds. The number of hydrogen-bond donors (Lipinski definition) is 2. The van der Waals surface area contributed by atoms with E-state index < -0.39 is 17.7 Å². The first kappa shape index (κ1) is 25.5. The molecule has 0 radical (unpaired) electrons. The van der Waals surface area contributed by atoms with Crippen LogP contribution in [-0.2, 0) is 9.59 Å². The van der Waals surface area contributed by atoms with Crippen LogP contribution in [0, 0.1) is 31.5 Å². The number of anilines is 1. The molecule has 1 aromatic carbocycles. The lowest BCUT2D eigenvalue weighted by Crippen LogP contribution is -2.43. The summed E-state index contributed by atoms with van der Waals surface area (Å²) in [7, 11) is 0. The molecule has 0 bridgehead atoms. The number of carbonyl (C=O) groups excluding carboxylic acids is 2. The number of carbonyl (C=O) groups is 2. The third kappa shape index (κ3) is 3.67. The minimum Gasteiger partial charge on any atom is -0.461 e. The third-order valence-corrected chi connectivity index (χ3v) is 9.97. The van der Waals surface area contributed by atoms with Crippen LogP contribution >= 0.6 is 0 Å². The molecule has 4 aliphatic heterocycles. The van der Waals surface area contributed by atoms with E-state index >= 15 is 4.39 Å². The maximum Gasteiger partial charge on any atom is 0.319 e. The molecule has 4 fully saturated rings. The second-order valence-electron chi connectivity index (χ2n) is 12.2. The van der Waals surface area contributed by atoms with Crippen molar-refractivity contribution in [3.05, 3.63) is 35.4 Å². The van der Waals surface area contributed by atoms with Crippen molar-refractivity contribution in [2.24, 2.45) is 11.8 Å². The number of H-pyrrole nitrogens is 1. The number of halogens is 1. The average molecular weight is 571 g/mol. The van der Waals surface area contributed by atoms with Crippen molar-refractivity contribution in [2.75, 3.05) is 37.7 Å². The first-order valence-electron chi connectivity index (χ1n) is 14.6. The SMILES string of the molecule is Cc1cc2[nH]ncc2c(-c2ncc3c(N4CC5C(=O)NC(=O)C5C4)nc(OCC45CCCN4CCC5)nc3c2F)c1C. The molecule has 0 saturated carbocycles. The Morgan fingerprint density at radius 3 is 2.52 bits per heavy atom. The molecule has 2 atom stereocenters. The van der Waals surface area contributed by atoms with Crippen molar-refractivity contribution in [3.8, 4) is 17.3 Å². The average Bonchev–Trinajstić information content (AvgIpc) is 3.78. The number of aryl methyl sites for hydroxylation is 1. The molecule has 7 heterocycles. The summed E-state index contributed by atoms with van der Waals surface area (Å²) >= 11 is 0. The Morgan fingerprint density at radius 1 is 1.05 bits per heavy atom. The molecule has 0 aliphatic carbocycles. The van der Waals surface area contributed by atoms with E-state index in [0.717, 1.165) is 60.8 Å². The van der Waals surface area contributed by atoms with Gasteiger partial charge in [0.25, 0.3) is 0 Å². The maximum absolute atomic E-state index is 16.7. The quantitative estimate of drug-likeness (QED) is 0.348. The van der Waals surface area contributed by atoms with Gasteiger partial charge in [0.2, 0.25) is 11.8 Å². The Morgan fingerprint density at radius 2 is 1.79 bits per heavy atom. The summed E-state index contributed by atoms with van der Waals surface area (Å²) < 4.78 is 23.0. The zero-order valence-electron chi connectivity index (χ0n) is 23.5. The van der Waals surface area contributed by atoms with Crippen LogP contribution in [0.15, 0.2) is 18.5 Å². The van der Waals surface area contributed by atoms with Crippen LogP contribution in [0.3, 0.4) is 0 Å². The largest absolute Gasteiger partial charge is 0.461 e. The van der Waals surface area contributed by atoms with Gasteiger partial charge in [-0.15, -0.1) is 0 Å². The number of nitrogens with zero attached hydrogens (tertiary/aromatic N) is 6. The van der Waals surface area contributed by atoms with Gasteiger partial charge in [-0.3, -0.25) is 29.9 Å². The number of amides is 2. The van der Waals surface area contributed by atoms with Gasteiger partial charge in [0.1, 0.15) is 23.6 Å². The fourth-order valence-electron chi connectivity index (χ4n) is 7.61. The first-order chi connectivity index (χ1) is 20.3. The van der Waals surface area contributed by atoms with E-state index in [1.165, 1.54) is 0 Å². The minimum absolute atomic E-state index is 0.0405. The number of benzene rings is 1. The Hall–Kier alpha value is -4.19. The molecule has 216 valence electrons. The summed E-state index contributed by atoms with van der Waals surface area (Å²) in [6.45, 7) is 7.05. The topological polar surface area (TPSA) is 129 Å². The van der Waals surface area contributed by atoms with Crippen LogP contribution < -0.4 is 15.0 Å². The normalized spacial score (nSPS) is 23.3. The fourth-order valence-corrected chi connectivity index (χ4v) is 7.61. The summed E-state index contributed by atoms with van der Waals surface area (Å²) in [5.74, 6) is -1.67. The van der Waals surface area contributed by atoms with Crippen molar-refractivity contribution >= 4 is 39.4 Å². The van der Waals surface area contributed by atoms with Crippen LogP contribution in [0.25, 0.3) is 33.1 Å². The van der Waals surface area contributed by atoms with E-state index in [2.05, 4.69) is 30.4 Å². The fraction of sp³-hybridized carbons (Fsp3) is 0.467. The van der Waals surface area contributed by atoms with E-state index in [-0.39, 0.29) is 34.6 Å². The standard InChI is InChI=1S/C30H31FN8O3/c1-15-9-21-17(11-33-37-21)22(16(15)2)25-23(31)24-18(10-32-25)26(38-12-19-20(13-38)28(41)36-27(19)40)35-29(34-24)42-14-30-5-3-7-39(30)8-4-6-30/h9-11,19-20H,3-8,12-14H2,1-2H3,(H,33,37)(H,36,40,41). The smallest absolute Gasteiger partial charge is 0.319 e. The minimum atomic E-state index is -0.577. The van der Waals surface area contributed by atoms with Crippen molar-refractivity contribution in [3.63, 3.8) is 0 Å². The van der Waals surface area contributed by atoms with Gasteiger partial charge in [0, 0.05) is 30.2 Å². The predicted molar refractivity (Wildman–Crippen MR) is 152 cm³/mol. The van der Waals surface area contributed by atoms with Gasteiger partial charge in [-0.2, -0.15) is 15.1 Å². The monoisotopic (exact) mass is 570 g/mol. The molecule has 0 spiro atoms. The molecule has 12 heteroatoms. The zero-order valence-corrected chi connectivity index (χ0v) is 23.5. The van der Waals surface area contributed by atoms with Crippen molar-refractivity contribution in [1.29, 1.82) is 0 Å². The second kappa shape index (κ2) is 9.15. The van der Waals surface area contributed by atoms with Gasteiger partial charge in [-0.1, -0.05) is 0 Å². The number of aromatic amines is 1. The van der Waals surface area contributed by atoms with Crippen molar-refractivity contribution in [1.82, 2.24) is 35.4 Å². The lowest BCUT2D eigenvalue weighted by molar-refractivity contribution is -0.126. The molecule has 11 nitrogen and oxygen atoms in total. The molecule has 3 aromatic heterocycles. The number of rotatable bonds is 5. The zero-order chi connectivity index (χ0) is 28.7. The number of ether oxygens (including phenoxy) is 1. The maximum atomic E-state index is 16.7. The van der Waals surface area contributed by atoms with Crippen LogP contribution in [-0.4, -0.2) is 80.2 Å². The van der Waals surface area contributed by atoms with Crippen molar-refractivity contribution < 1.29 is 18.7 Å². The van der Waals surface area contributed by atoms with E-state index in [4.69, 9.17) is 9.72 Å². The molecular formula is C30H31FN8O3. The van der Waals surface area contributed by atoms with E-state index in [9.17, 15) is 9.59 Å². The molecule has 2 unspecified atom stereocenters. The molecule has 4 aromatic rings. The van der Waals surface area contributed by atoms with E-state index in [1.54, 1.807) is 12.4 Å². The number of pyridine rings is 1. The predicted octanol–water partition coefficient (Wildman–Crippen LogP) is 3.04. The molecule has 4 aliphatic rings. The highest BCUT2D eigenvalue weighted by Crippen LogP contribution is 2.41. The number of aromatic nitrogens is 5. The summed E-state index contributed by atoms with van der Waals surface area (Å²) in [4.78, 5) is 43.2. The first-order valence-corrected chi connectivity index (χ1v) is 14.6. The summed E-state index contributed by atoms with van der Waals surface area (Å²) in [5.41, 5.74) is 3.57. The summed E-state index contributed by atoms with van der Waals surface area (Å²) in [6, 6.07) is 2.08. The lowest BCUT2D eigenvalue weighted by atomic mass is 9.95. The van der Waals surface area contributed by atoms with Gasteiger partial charge in [-0.25, -0.2) is 4.39 Å². The highest BCUT2D eigenvalue weighted by molar-refractivity contribution is 6.07. The number of hydrogen-bond acceptors (Lipinski definition) is 9. The van der Waals surface area contributed by atoms with Gasteiger partial charge in [0.05, 0.1) is 34.5 Å². The van der Waals surface area contributed by atoms with Gasteiger partial charge in [-0.05, 0) is 69.8 Å². The highest BCUT2D eigenvalue weighted by atomic mass is 19.1. The molecular weight excluding hydrogens is 539 g/mol. The molecule has 4 saturated heterocycles. The Bertz CT molecular complexity index is 1770. The Labute approximate surface area is 240 Å². The van der Waals surface area contributed by atoms with Crippen LogP contribution in [0.2, 0.25) is 0 Å². The van der Waals surface area contributed by atoms with Gasteiger partial charge in [0.15, 0.2) is 5.82 Å². The third-order valence-electron chi connectivity index (χ3n) is 9.97. The van der Waals surface area contributed by atoms with Gasteiger partial charge < -0.3 is 9.64 Å². The molecule has 42 heavy (non-hydrogen) atoms. The second-order valence-corrected chi connectivity index (χ2v) is 12.2. The lowest BCUT2D eigenvalue weighted by Gasteiger charge is -2.31. The van der Waals surface area contributed by atoms with E-state index in [0.29, 0.717) is 36.5 Å². The molecule has 8 rings (SSSR count). The van der Waals surface area contributed by atoms with Crippen LogP contribution in [0.4, 0.5) is 10.2 Å². The summed E-state index contributed by atoms with van der Waals surface area (Å²) in [6.07, 6.45) is 7.63. The highest BCUT2D eigenvalue weighted by Gasteiger charge is 2.49. The Kier molecular flexibility index (Phi) is 5.56. The number of imide groups is 1.